The minimum Gasteiger partial charge on any atom is -0.453 e. The highest BCUT2D eigenvalue weighted by atomic mass is 79.9. The SMILES string of the molecule is CC[C@@H](NO)c1ccc(Br)o1. The molecule has 0 fully saturated rings. The van der Waals surface area contributed by atoms with Crippen LogP contribution in [0.1, 0.15) is 25.1 Å². The lowest BCUT2D eigenvalue weighted by atomic mass is 10.2. The largest absolute Gasteiger partial charge is 0.453 e. The monoisotopic (exact) mass is 219 g/mol. The van der Waals surface area contributed by atoms with Crippen LogP contribution in [0.2, 0.25) is 0 Å². The van der Waals surface area contributed by atoms with E-state index in [0.29, 0.717) is 4.67 Å². The Morgan fingerprint density at radius 1 is 1.73 bits per heavy atom. The maximum absolute atomic E-state index is 8.66. The lowest BCUT2D eigenvalue weighted by molar-refractivity contribution is 0.113. The Morgan fingerprint density at radius 3 is 2.82 bits per heavy atom. The zero-order valence-electron chi connectivity index (χ0n) is 6.17. The molecule has 0 radical (unpaired) electrons. The summed E-state index contributed by atoms with van der Waals surface area (Å²) in [6.45, 7) is 1.96. The van der Waals surface area contributed by atoms with Gasteiger partial charge in [-0.3, -0.25) is 0 Å². The molecule has 0 aliphatic rings. The molecular formula is C7H10BrNO2. The molecule has 11 heavy (non-hydrogen) atoms. The van der Waals surface area contributed by atoms with Crippen LogP contribution in [0.25, 0.3) is 0 Å². The van der Waals surface area contributed by atoms with Crippen molar-refractivity contribution in [3.8, 4) is 0 Å². The molecule has 1 aromatic heterocycles. The van der Waals surface area contributed by atoms with Crippen LogP contribution in [0.3, 0.4) is 0 Å². The van der Waals surface area contributed by atoms with Gasteiger partial charge in [0.2, 0.25) is 0 Å². The fourth-order valence-corrected chi connectivity index (χ4v) is 1.19. The molecule has 0 amide bonds. The van der Waals surface area contributed by atoms with Crippen LogP contribution in [0.15, 0.2) is 21.2 Å². The highest BCUT2D eigenvalue weighted by Crippen LogP contribution is 2.21. The van der Waals surface area contributed by atoms with Gasteiger partial charge in [-0.25, -0.2) is 0 Å². The Bertz CT molecular complexity index is 220. The fourth-order valence-electron chi connectivity index (χ4n) is 0.872. The second kappa shape index (κ2) is 3.90. The van der Waals surface area contributed by atoms with Crippen molar-refractivity contribution in [1.82, 2.24) is 5.48 Å². The van der Waals surface area contributed by atoms with Gasteiger partial charge < -0.3 is 9.62 Å². The smallest absolute Gasteiger partial charge is 0.169 e. The summed E-state index contributed by atoms with van der Waals surface area (Å²) >= 11 is 3.18. The first-order chi connectivity index (χ1) is 5.27. The summed E-state index contributed by atoms with van der Waals surface area (Å²) < 4.78 is 5.90. The first-order valence-electron chi connectivity index (χ1n) is 3.42. The van der Waals surface area contributed by atoms with E-state index in [1.54, 1.807) is 6.07 Å². The third kappa shape index (κ3) is 2.05. The Kier molecular flexibility index (Phi) is 3.11. The maximum atomic E-state index is 8.66. The molecule has 1 atom stereocenters. The van der Waals surface area contributed by atoms with Crippen LogP contribution in [0.4, 0.5) is 0 Å². The van der Waals surface area contributed by atoms with Crippen molar-refractivity contribution >= 4 is 15.9 Å². The zero-order valence-corrected chi connectivity index (χ0v) is 7.76. The van der Waals surface area contributed by atoms with Crippen LogP contribution in [-0.2, 0) is 0 Å². The Balaban J connectivity index is 2.73. The lowest BCUT2D eigenvalue weighted by Crippen LogP contribution is -2.14. The minimum atomic E-state index is -0.110. The van der Waals surface area contributed by atoms with E-state index in [0.717, 1.165) is 12.2 Å². The molecule has 0 saturated heterocycles. The first-order valence-corrected chi connectivity index (χ1v) is 4.22. The van der Waals surface area contributed by atoms with Crippen molar-refractivity contribution in [3.63, 3.8) is 0 Å². The summed E-state index contributed by atoms with van der Waals surface area (Å²) in [5.74, 6) is 0.738. The second-order valence-electron chi connectivity index (χ2n) is 2.23. The van der Waals surface area contributed by atoms with Gasteiger partial charge in [0, 0.05) is 0 Å². The van der Waals surface area contributed by atoms with Gasteiger partial charge in [-0.2, -0.15) is 5.48 Å². The quantitative estimate of drug-likeness (QED) is 0.769. The van der Waals surface area contributed by atoms with Gasteiger partial charge in [0.05, 0.1) is 6.04 Å². The van der Waals surface area contributed by atoms with Gasteiger partial charge in [0.1, 0.15) is 5.76 Å². The van der Waals surface area contributed by atoms with E-state index in [-0.39, 0.29) is 6.04 Å². The summed E-state index contributed by atoms with van der Waals surface area (Å²) in [6.07, 6.45) is 0.788. The summed E-state index contributed by atoms with van der Waals surface area (Å²) in [5, 5.41) is 8.66. The standard InChI is InChI=1S/C7H10BrNO2/c1-2-5(9-10)6-3-4-7(8)11-6/h3-5,9-10H,2H2,1H3/t5-/m1/s1. The summed E-state index contributed by atoms with van der Waals surface area (Å²) in [7, 11) is 0. The summed E-state index contributed by atoms with van der Waals surface area (Å²) in [4.78, 5) is 0. The Hall–Kier alpha value is -0.320. The minimum absolute atomic E-state index is 0.110. The van der Waals surface area contributed by atoms with Gasteiger partial charge in [0.15, 0.2) is 4.67 Å². The van der Waals surface area contributed by atoms with Crippen molar-refractivity contribution in [1.29, 1.82) is 0 Å². The third-order valence-electron chi connectivity index (χ3n) is 1.50. The molecule has 3 nitrogen and oxygen atoms in total. The first kappa shape index (κ1) is 8.77. The van der Waals surface area contributed by atoms with E-state index in [1.165, 1.54) is 0 Å². The van der Waals surface area contributed by atoms with E-state index in [1.807, 2.05) is 13.0 Å². The van der Waals surface area contributed by atoms with E-state index < -0.39 is 0 Å². The Labute approximate surface area is 73.5 Å². The van der Waals surface area contributed by atoms with Crippen LogP contribution < -0.4 is 5.48 Å². The maximum Gasteiger partial charge on any atom is 0.169 e. The number of hydroxylamine groups is 1. The molecule has 4 heteroatoms. The van der Waals surface area contributed by atoms with Crippen LogP contribution >= 0.6 is 15.9 Å². The Morgan fingerprint density at radius 2 is 2.45 bits per heavy atom. The van der Waals surface area contributed by atoms with Crippen molar-refractivity contribution in [3.05, 3.63) is 22.6 Å². The molecule has 1 aromatic rings. The van der Waals surface area contributed by atoms with Crippen molar-refractivity contribution in [2.45, 2.75) is 19.4 Å². The van der Waals surface area contributed by atoms with E-state index in [2.05, 4.69) is 21.4 Å². The normalized spacial score (nSPS) is 13.4. The molecule has 0 aromatic carbocycles. The number of nitrogens with one attached hydrogen (secondary N) is 1. The average molecular weight is 220 g/mol. The van der Waals surface area contributed by atoms with Gasteiger partial charge >= 0.3 is 0 Å². The number of hydrogen-bond acceptors (Lipinski definition) is 3. The van der Waals surface area contributed by atoms with Crippen LogP contribution in [-0.4, -0.2) is 5.21 Å². The van der Waals surface area contributed by atoms with E-state index >= 15 is 0 Å². The van der Waals surface area contributed by atoms with Gasteiger partial charge in [-0.1, -0.05) is 6.92 Å². The fraction of sp³-hybridized carbons (Fsp3) is 0.429. The molecule has 0 saturated carbocycles. The number of rotatable bonds is 3. The number of halogens is 1. The summed E-state index contributed by atoms with van der Waals surface area (Å²) in [6, 6.07) is 3.51. The number of furan rings is 1. The van der Waals surface area contributed by atoms with Crippen LogP contribution in [0, 0.1) is 0 Å². The topological polar surface area (TPSA) is 45.4 Å². The highest BCUT2D eigenvalue weighted by molar-refractivity contribution is 9.10. The molecule has 1 rings (SSSR count). The molecule has 0 aliphatic carbocycles. The predicted molar refractivity (Wildman–Crippen MR) is 44.4 cm³/mol. The highest BCUT2D eigenvalue weighted by Gasteiger charge is 2.10. The third-order valence-corrected chi connectivity index (χ3v) is 1.93. The van der Waals surface area contributed by atoms with Crippen molar-refractivity contribution in [2.24, 2.45) is 0 Å². The van der Waals surface area contributed by atoms with E-state index in [9.17, 15) is 0 Å². The molecule has 1 heterocycles. The van der Waals surface area contributed by atoms with E-state index in [4.69, 9.17) is 9.62 Å². The molecule has 0 spiro atoms. The predicted octanol–water partition coefficient (Wildman–Crippen LogP) is 2.47. The number of hydrogen-bond donors (Lipinski definition) is 2. The van der Waals surface area contributed by atoms with Crippen molar-refractivity contribution < 1.29 is 9.62 Å². The molecule has 2 N–H and O–H groups in total. The zero-order chi connectivity index (χ0) is 8.27. The molecule has 0 unspecified atom stereocenters. The lowest BCUT2D eigenvalue weighted by Gasteiger charge is -2.07. The summed E-state index contributed by atoms with van der Waals surface area (Å²) in [5.41, 5.74) is 2.17. The van der Waals surface area contributed by atoms with Gasteiger partial charge in [-0.05, 0) is 34.5 Å². The van der Waals surface area contributed by atoms with Gasteiger partial charge in [0.25, 0.3) is 0 Å². The molecule has 0 aliphatic heterocycles. The van der Waals surface area contributed by atoms with Crippen LogP contribution in [0.5, 0.6) is 0 Å². The molecular weight excluding hydrogens is 210 g/mol. The average Bonchev–Trinajstić information content (AvgIpc) is 2.39. The molecule has 0 bridgehead atoms. The second-order valence-corrected chi connectivity index (χ2v) is 3.01. The van der Waals surface area contributed by atoms with Crippen molar-refractivity contribution in [2.75, 3.05) is 0 Å². The molecule has 62 valence electrons. The van der Waals surface area contributed by atoms with Gasteiger partial charge in [-0.15, -0.1) is 0 Å².